The number of aromatic nitrogens is 2. The number of ketones is 1. The number of hydrogen-bond donors (Lipinski definition) is 1. The fraction of sp³-hybridized carbons (Fsp3) is 0. The Morgan fingerprint density at radius 3 is 2.30 bits per heavy atom. The lowest BCUT2D eigenvalue weighted by Gasteiger charge is -2.14. The Hall–Kier alpha value is -3.54. The van der Waals surface area contributed by atoms with E-state index in [9.17, 15) is 4.79 Å². The molecule has 5 rings (SSSR count). The minimum absolute atomic E-state index is 0.0877. The molecule has 0 atom stereocenters. The second-order valence-corrected chi connectivity index (χ2v) is 8.79. The minimum Gasteiger partial charge on any atom is -0.323 e. The molecule has 0 spiro atoms. The Bertz CT molecular complexity index is 1470. The normalized spacial score (nSPS) is 10.8. The molecule has 0 aliphatic rings. The molecule has 0 radical (unpaired) electrons. The molecular weight excluding hydrogens is 498 g/mol. The summed E-state index contributed by atoms with van der Waals surface area (Å²) in [5, 5.41) is 4.75. The van der Waals surface area contributed by atoms with Crippen LogP contribution in [0.3, 0.4) is 0 Å². The fourth-order valence-electron chi connectivity index (χ4n) is 3.65. The predicted molar refractivity (Wildman–Crippen MR) is 137 cm³/mol. The van der Waals surface area contributed by atoms with E-state index in [0.717, 1.165) is 26.6 Å². The van der Waals surface area contributed by atoms with Gasteiger partial charge in [0, 0.05) is 31.6 Å². The zero-order chi connectivity index (χ0) is 22.8. The number of carbonyl (C=O) groups is 1. The van der Waals surface area contributed by atoms with Crippen LogP contribution >= 0.6 is 27.5 Å². The largest absolute Gasteiger partial charge is 0.323 e. The third-order valence-corrected chi connectivity index (χ3v) is 5.94. The minimum atomic E-state index is -0.0877. The highest BCUT2D eigenvalue weighted by Crippen LogP contribution is 2.31. The standard InChI is InChI=1S/C27H17BrClN3O/c28-19-11-13-24(22(15-19)26(33)18-9-5-2-6-10-18)31-27-30-23-14-12-20(29)16-21(23)25(32-27)17-7-3-1-4-8-17/h1-16H,(H,30,31,32). The Labute approximate surface area is 204 Å². The Morgan fingerprint density at radius 2 is 1.55 bits per heavy atom. The smallest absolute Gasteiger partial charge is 0.228 e. The summed E-state index contributed by atoms with van der Waals surface area (Å²) in [6.07, 6.45) is 0. The quantitative estimate of drug-likeness (QED) is 0.244. The molecule has 5 aromatic rings. The van der Waals surface area contributed by atoms with Crippen LogP contribution in [0.4, 0.5) is 11.6 Å². The van der Waals surface area contributed by atoms with E-state index in [2.05, 4.69) is 26.2 Å². The SMILES string of the molecule is O=C(c1ccccc1)c1cc(Br)ccc1Nc1nc(-c2ccccc2)c2cc(Cl)ccc2n1. The molecule has 0 saturated heterocycles. The molecular formula is C27H17BrClN3O. The average Bonchev–Trinajstić information content (AvgIpc) is 2.85. The first-order chi connectivity index (χ1) is 16.1. The van der Waals surface area contributed by atoms with Crippen molar-refractivity contribution in [1.82, 2.24) is 9.97 Å². The summed E-state index contributed by atoms with van der Waals surface area (Å²) in [4.78, 5) is 22.7. The molecule has 0 fully saturated rings. The maximum absolute atomic E-state index is 13.2. The zero-order valence-corrected chi connectivity index (χ0v) is 19.6. The number of benzene rings is 4. The van der Waals surface area contributed by atoms with Gasteiger partial charge in [-0.25, -0.2) is 9.97 Å². The highest BCUT2D eigenvalue weighted by molar-refractivity contribution is 9.10. The van der Waals surface area contributed by atoms with Gasteiger partial charge in [-0.2, -0.15) is 0 Å². The average molecular weight is 515 g/mol. The lowest BCUT2D eigenvalue weighted by atomic mass is 10.0. The number of anilines is 2. The van der Waals surface area contributed by atoms with Gasteiger partial charge in [-0.1, -0.05) is 88.2 Å². The maximum Gasteiger partial charge on any atom is 0.228 e. The van der Waals surface area contributed by atoms with Crippen molar-refractivity contribution in [1.29, 1.82) is 0 Å². The van der Waals surface area contributed by atoms with Crippen molar-refractivity contribution < 1.29 is 4.79 Å². The second kappa shape index (κ2) is 9.14. The van der Waals surface area contributed by atoms with Crippen molar-refractivity contribution in [3.63, 3.8) is 0 Å². The van der Waals surface area contributed by atoms with Crippen LogP contribution in [-0.4, -0.2) is 15.8 Å². The molecule has 0 aliphatic heterocycles. The second-order valence-electron chi connectivity index (χ2n) is 7.43. The first-order valence-electron chi connectivity index (χ1n) is 10.3. The topological polar surface area (TPSA) is 54.9 Å². The van der Waals surface area contributed by atoms with Crippen molar-refractivity contribution in [2.75, 3.05) is 5.32 Å². The number of nitrogens with one attached hydrogen (secondary N) is 1. The Balaban J connectivity index is 1.62. The fourth-order valence-corrected chi connectivity index (χ4v) is 4.18. The predicted octanol–water partition coefficient (Wildman–Crippen LogP) is 7.69. The van der Waals surface area contributed by atoms with Gasteiger partial charge < -0.3 is 5.32 Å². The molecule has 6 heteroatoms. The molecule has 0 aliphatic carbocycles. The first kappa shape index (κ1) is 21.3. The summed E-state index contributed by atoms with van der Waals surface area (Å²) < 4.78 is 0.811. The molecule has 1 aromatic heterocycles. The van der Waals surface area contributed by atoms with Crippen LogP contribution in [-0.2, 0) is 0 Å². The zero-order valence-electron chi connectivity index (χ0n) is 17.3. The Kier molecular flexibility index (Phi) is 5.90. The van der Waals surface area contributed by atoms with Crippen LogP contribution in [0.5, 0.6) is 0 Å². The van der Waals surface area contributed by atoms with Gasteiger partial charge in [-0.15, -0.1) is 0 Å². The third kappa shape index (κ3) is 4.51. The van der Waals surface area contributed by atoms with Crippen molar-refractivity contribution in [3.05, 3.63) is 118 Å². The van der Waals surface area contributed by atoms with Crippen molar-refractivity contribution in [2.24, 2.45) is 0 Å². The number of carbonyl (C=O) groups excluding carboxylic acids is 1. The first-order valence-corrected chi connectivity index (χ1v) is 11.4. The van der Waals surface area contributed by atoms with Crippen LogP contribution in [0, 0.1) is 0 Å². The molecule has 4 aromatic carbocycles. The summed E-state index contributed by atoms with van der Waals surface area (Å²) >= 11 is 9.74. The van der Waals surface area contributed by atoms with Crippen LogP contribution in [0.15, 0.2) is 102 Å². The Morgan fingerprint density at radius 1 is 0.818 bits per heavy atom. The van der Waals surface area contributed by atoms with E-state index < -0.39 is 0 Å². The van der Waals surface area contributed by atoms with E-state index in [1.807, 2.05) is 72.8 Å². The molecule has 0 unspecified atom stereocenters. The van der Waals surface area contributed by atoms with Gasteiger partial charge >= 0.3 is 0 Å². The van der Waals surface area contributed by atoms with Gasteiger partial charge in [-0.3, -0.25) is 4.79 Å². The molecule has 0 bridgehead atoms. The van der Waals surface area contributed by atoms with Crippen molar-refractivity contribution in [2.45, 2.75) is 0 Å². The summed E-state index contributed by atoms with van der Waals surface area (Å²) in [5.74, 6) is 0.309. The van der Waals surface area contributed by atoms with E-state index in [0.29, 0.717) is 27.8 Å². The van der Waals surface area contributed by atoms with Crippen LogP contribution in [0.1, 0.15) is 15.9 Å². The number of halogens is 2. The highest BCUT2D eigenvalue weighted by Gasteiger charge is 2.17. The lowest BCUT2D eigenvalue weighted by Crippen LogP contribution is -2.07. The van der Waals surface area contributed by atoms with Crippen molar-refractivity contribution in [3.8, 4) is 11.3 Å². The molecule has 1 N–H and O–H groups in total. The number of rotatable bonds is 5. The summed E-state index contributed by atoms with van der Waals surface area (Å²) in [6, 6.07) is 30.1. The molecule has 4 nitrogen and oxygen atoms in total. The molecule has 0 amide bonds. The molecule has 160 valence electrons. The summed E-state index contributed by atoms with van der Waals surface area (Å²) in [7, 11) is 0. The van der Waals surface area contributed by atoms with Crippen molar-refractivity contribution >= 4 is 55.9 Å². The van der Waals surface area contributed by atoms with Gasteiger partial charge in [0.25, 0.3) is 0 Å². The summed E-state index contributed by atoms with van der Waals surface area (Å²) in [6.45, 7) is 0. The highest BCUT2D eigenvalue weighted by atomic mass is 79.9. The number of nitrogens with zero attached hydrogens (tertiary/aromatic N) is 2. The van der Waals surface area contributed by atoms with E-state index in [4.69, 9.17) is 16.6 Å². The third-order valence-electron chi connectivity index (χ3n) is 5.21. The van der Waals surface area contributed by atoms with Gasteiger partial charge in [0.15, 0.2) is 5.78 Å². The lowest BCUT2D eigenvalue weighted by molar-refractivity contribution is 0.103. The maximum atomic E-state index is 13.2. The number of hydrogen-bond acceptors (Lipinski definition) is 4. The number of fused-ring (bicyclic) bond motifs is 1. The van der Waals surface area contributed by atoms with E-state index >= 15 is 0 Å². The van der Waals surface area contributed by atoms with E-state index in [-0.39, 0.29) is 5.78 Å². The van der Waals surface area contributed by atoms with Crippen LogP contribution < -0.4 is 5.32 Å². The monoisotopic (exact) mass is 513 g/mol. The van der Waals surface area contributed by atoms with E-state index in [1.165, 1.54) is 0 Å². The van der Waals surface area contributed by atoms with Gasteiger partial charge in [-0.05, 0) is 36.4 Å². The van der Waals surface area contributed by atoms with E-state index in [1.54, 1.807) is 24.3 Å². The van der Waals surface area contributed by atoms with Gasteiger partial charge in [0.1, 0.15) is 0 Å². The molecule has 33 heavy (non-hydrogen) atoms. The summed E-state index contributed by atoms with van der Waals surface area (Å²) in [5.41, 5.74) is 4.22. The van der Waals surface area contributed by atoms with Crippen LogP contribution in [0.25, 0.3) is 22.2 Å². The van der Waals surface area contributed by atoms with Gasteiger partial charge in [0.05, 0.1) is 16.9 Å². The van der Waals surface area contributed by atoms with Gasteiger partial charge in [0.2, 0.25) is 5.95 Å². The van der Waals surface area contributed by atoms with Crippen LogP contribution in [0.2, 0.25) is 5.02 Å². The molecule has 0 saturated carbocycles. The molecule has 1 heterocycles.